The molecule has 126 valence electrons. The molecule has 0 unspecified atom stereocenters. The molecule has 0 saturated carbocycles. The molecule has 0 aliphatic rings. The van der Waals surface area contributed by atoms with Crippen molar-refractivity contribution in [2.45, 2.75) is 6.54 Å². The summed E-state index contributed by atoms with van der Waals surface area (Å²) in [6.45, 7) is 0.629. The van der Waals surface area contributed by atoms with Gasteiger partial charge in [0, 0.05) is 41.5 Å². The number of nitrogens with one attached hydrogen (secondary N) is 3. The highest BCUT2D eigenvalue weighted by molar-refractivity contribution is 5.97. The molecule has 0 aliphatic carbocycles. The van der Waals surface area contributed by atoms with Crippen LogP contribution < -0.4 is 10.6 Å². The van der Waals surface area contributed by atoms with Gasteiger partial charge in [0.25, 0.3) is 0 Å². The van der Waals surface area contributed by atoms with Crippen molar-refractivity contribution in [2.75, 3.05) is 10.6 Å². The van der Waals surface area contributed by atoms with Crippen LogP contribution in [0.1, 0.15) is 11.3 Å². The SMILES string of the molecule is N#Cc1cnc2ccc(NCc3cnc[nH]3)cc2c1Nc1ccncc1. The minimum absolute atomic E-state index is 0.486. The highest BCUT2D eigenvalue weighted by Crippen LogP contribution is 2.30. The molecule has 0 bridgehead atoms. The van der Waals surface area contributed by atoms with Crippen LogP contribution in [0.5, 0.6) is 0 Å². The number of H-pyrrole nitrogens is 1. The Labute approximate surface area is 149 Å². The van der Waals surface area contributed by atoms with Crippen molar-refractivity contribution in [3.05, 3.63) is 72.7 Å². The number of anilines is 3. The van der Waals surface area contributed by atoms with E-state index in [0.717, 1.165) is 33.7 Å². The number of aromatic amines is 1. The maximum absolute atomic E-state index is 9.48. The third-order valence-corrected chi connectivity index (χ3v) is 3.98. The number of nitrogens with zero attached hydrogens (tertiary/aromatic N) is 4. The minimum atomic E-state index is 0.486. The first-order chi connectivity index (χ1) is 12.8. The van der Waals surface area contributed by atoms with Crippen LogP contribution in [0.4, 0.5) is 17.1 Å². The number of rotatable bonds is 5. The summed E-state index contributed by atoms with van der Waals surface area (Å²) in [4.78, 5) is 15.5. The van der Waals surface area contributed by atoms with E-state index in [2.05, 4.69) is 36.6 Å². The Bertz CT molecular complexity index is 1070. The molecule has 0 fully saturated rings. The van der Waals surface area contributed by atoms with Gasteiger partial charge in [0.2, 0.25) is 0 Å². The summed E-state index contributed by atoms with van der Waals surface area (Å²) in [6, 6.07) is 11.8. The van der Waals surface area contributed by atoms with Gasteiger partial charge in [0.1, 0.15) is 6.07 Å². The fourth-order valence-corrected chi connectivity index (χ4v) is 2.68. The Morgan fingerprint density at radius 3 is 2.69 bits per heavy atom. The summed E-state index contributed by atoms with van der Waals surface area (Å²) in [7, 11) is 0. The predicted molar refractivity (Wildman–Crippen MR) is 99.9 cm³/mol. The first-order valence-corrected chi connectivity index (χ1v) is 8.04. The molecule has 4 rings (SSSR count). The summed E-state index contributed by atoms with van der Waals surface area (Å²) < 4.78 is 0. The maximum atomic E-state index is 9.48. The average molecular weight is 341 g/mol. The van der Waals surface area contributed by atoms with Crippen LogP contribution in [0.2, 0.25) is 0 Å². The first kappa shape index (κ1) is 15.6. The van der Waals surface area contributed by atoms with Gasteiger partial charge in [-0.3, -0.25) is 9.97 Å². The molecule has 3 N–H and O–H groups in total. The summed E-state index contributed by atoms with van der Waals surface area (Å²) in [5.74, 6) is 0. The molecule has 3 aromatic heterocycles. The second-order valence-corrected chi connectivity index (χ2v) is 5.68. The Morgan fingerprint density at radius 2 is 1.92 bits per heavy atom. The van der Waals surface area contributed by atoms with Crippen molar-refractivity contribution >= 4 is 28.0 Å². The molecule has 7 nitrogen and oxygen atoms in total. The standard InChI is InChI=1S/C19H15N7/c20-8-13-9-24-18-2-1-15(23-11-16-10-22-12-25-16)7-17(18)19(13)26-14-3-5-21-6-4-14/h1-7,9-10,12,23H,11H2,(H,22,25)(H,21,24,26). The van der Waals surface area contributed by atoms with Gasteiger partial charge in [-0.15, -0.1) is 0 Å². The van der Waals surface area contributed by atoms with E-state index in [1.807, 2.05) is 30.3 Å². The molecule has 0 amide bonds. The van der Waals surface area contributed by atoms with Crippen LogP contribution in [0, 0.1) is 11.3 Å². The largest absolute Gasteiger partial charge is 0.379 e. The van der Waals surface area contributed by atoms with E-state index in [1.165, 1.54) is 0 Å². The van der Waals surface area contributed by atoms with E-state index in [4.69, 9.17) is 0 Å². The molecule has 0 spiro atoms. The van der Waals surface area contributed by atoms with E-state index in [9.17, 15) is 5.26 Å². The topological polar surface area (TPSA) is 102 Å². The first-order valence-electron chi connectivity index (χ1n) is 8.04. The number of nitriles is 1. The monoisotopic (exact) mass is 341 g/mol. The molecule has 4 aromatic rings. The summed E-state index contributed by atoms with van der Waals surface area (Å²) >= 11 is 0. The highest BCUT2D eigenvalue weighted by atomic mass is 14.9. The van der Waals surface area contributed by atoms with E-state index < -0.39 is 0 Å². The highest BCUT2D eigenvalue weighted by Gasteiger charge is 2.10. The Balaban J connectivity index is 1.72. The Hall–Kier alpha value is -3.92. The number of aromatic nitrogens is 4. The Morgan fingerprint density at radius 1 is 1.04 bits per heavy atom. The molecule has 0 radical (unpaired) electrons. The third-order valence-electron chi connectivity index (χ3n) is 3.98. The molecule has 0 saturated heterocycles. The molecule has 0 aliphatic heterocycles. The number of benzene rings is 1. The molecule has 7 heteroatoms. The lowest BCUT2D eigenvalue weighted by molar-refractivity contribution is 1.07. The van der Waals surface area contributed by atoms with E-state index in [1.54, 1.807) is 31.1 Å². The Kier molecular flexibility index (Phi) is 4.14. The van der Waals surface area contributed by atoms with Crippen LogP contribution in [0.15, 0.2) is 61.4 Å². The van der Waals surface area contributed by atoms with Gasteiger partial charge in [-0.25, -0.2) is 4.98 Å². The van der Waals surface area contributed by atoms with E-state index >= 15 is 0 Å². The fraction of sp³-hybridized carbons (Fsp3) is 0.0526. The van der Waals surface area contributed by atoms with Crippen molar-refractivity contribution in [1.29, 1.82) is 5.26 Å². The zero-order valence-corrected chi connectivity index (χ0v) is 13.8. The lowest BCUT2D eigenvalue weighted by Gasteiger charge is -2.13. The summed E-state index contributed by atoms with van der Waals surface area (Å²) in [5, 5.41) is 17.0. The second kappa shape index (κ2) is 6.91. The van der Waals surface area contributed by atoms with Crippen molar-refractivity contribution in [3.63, 3.8) is 0 Å². The average Bonchev–Trinajstić information content (AvgIpc) is 3.21. The third kappa shape index (κ3) is 3.16. The van der Waals surface area contributed by atoms with Crippen molar-refractivity contribution < 1.29 is 0 Å². The van der Waals surface area contributed by atoms with Gasteiger partial charge in [0.15, 0.2) is 0 Å². The van der Waals surface area contributed by atoms with Gasteiger partial charge < -0.3 is 15.6 Å². The number of pyridine rings is 2. The van der Waals surface area contributed by atoms with E-state index in [0.29, 0.717) is 12.1 Å². The van der Waals surface area contributed by atoms with Gasteiger partial charge in [-0.05, 0) is 30.3 Å². The van der Waals surface area contributed by atoms with Gasteiger partial charge in [0.05, 0.1) is 35.3 Å². The molecule has 26 heavy (non-hydrogen) atoms. The van der Waals surface area contributed by atoms with Crippen molar-refractivity contribution in [1.82, 2.24) is 19.9 Å². The fourth-order valence-electron chi connectivity index (χ4n) is 2.68. The smallest absolute Gasteiger partial charge is 0.103 e. The maximum Gasteiger partial charge on any atom is 0.103 e. The number of hydrogen-bond acceptors (Lipinski definition) is 6. The van der Waals surface area contributed by atoms with Crippen LogP contribution >= 0.6 is 0 Å². The molecular formula is C19H15N7. The number of hydrogen-bond donors (Lipinski definition) is 3. The van der Waals surface area contributed by atoms with Crippen LogP contribution in [0.25, 0.3) is 10.9 Å². The van der Waals surface area contributed by atoms with E-state index in [-0.39, 0.29) is 0 Å². The normalized spacial score (nSPS) is 10.4. The van der Waals surface area contributed by atoms with Gasteiger partial charge in [-0.2, -0.15) is 5.26 Å². The predicted octanol–water partition coefficient (Wildman–Crippen LogP) is 3.58. The molecule has 0 atom stereocenters. The van der Waals surface area contributed by atoms with Crippen LogP contribution in [-0.2, 0) is 6.54 Å². The zero-order chi connectivity index (χ0) is 17.8. The van der Waals surface area contributed by atoms with Crippen molar-refractivity contribution in [2.24, 2.45) is 0 Å². The lowest BCUT2D eigenvalue weighted by Crippen LogP contribution is -2.01. The molecule has 3 heterocycles. The zero-order valence-electron chi connectivity index (χ0n) is 13.8. The van der Waals surface area contributed by atoms with Gasteiger partial charge >= 0.3 is 0 Å². The number of fused-ring (bicyclic) bond motifs is 1. The molecule has 1 aromatic carbocycles. The lowest BCUT2D eigenvalue weighted by atomic mass is 10.1. The summed E-state index contributed by atoms with van der Waals surface area (Å²) in [5.41, 5.74) is 4.81. The van der Waals surface area contributed by atoms with Crippen molar-refractivity contribution in [3.8, 4) is 6.07 Å². The second-order valence-electron chi connectivity index (χ2n) is 5.68. The minimum Gasteiger partial charge on any atom is -0.379 e. The quantitative estimate of drug-likeness (QED) is 0.513. The van der Waals surface area contributed by atoms with Crippen LogP contribution in [-0.4, -0.2) is 19.9 Å². The molecular weight excluding hydrogens is 326 g/mol. The number of imidazole rings is 1. The van der Waals surface area contributed by atoms with Crippen LogP contribution in [0.3, 0.4) is 0 Å². The van der Waals surface area contributed by atoms with Gasteiger partial charge in [-0.1, -0.05) is 0 Å². The summed E-state index contributed by atoms with van der Waals surface area (Å²) in [6.07, 6.45) is 8.42.